The van der Waals surface area contributed by atoms with Crippen molar-refractivity contribution in [3.8, 4) is 16.9 Å². The predicted octanol–water partition coefficient (Wildman–Crippen LogP) is 6.78. The monoisotopic (exact) mass is 495 g/mol. The van der Waals surface area contributed by atoms with Crippen LogP contribution < -0.4 is 4.74 Å². The van der Waals surface area contributed by atoms with Crippen molar-refractivity contribution >= 4 is 27.6 Å². The molecule has 186 valence electrons. The standard InChI is InChI=1S/C28H24F3NO4/c1-15-14-17-6-4-5-7-18(17)23(21(15)25(26(33)34)36-27(2,3)28(29,30)31)19-8-9-20-22-16(11-13-35-20)10-12-32-24(19)22/h4-10,12,14,25H,11,13H2,1-3H3,(H,33,34). The first-order valence-electron chi connectivity index (χ1n) is 11.5. The average Bonchev–Trinajstić information content (AvgIpc) is 2.82. The summed E-state index contributed by atoms with van der Waals surface area (Å²) in [4.78, 5) is 17.1. The Bertz CT molecular complexity index is 1500. The van der Waals surface area contributed by atoms with Gasteiger partial charge in [-0.15, -0.1) is 0 Å². The Morgan fingerprint density at radius 3 is 2.61 bits per heavy atom. The molecule has 0 radical (unpaired) electrons. The lowest BCUT2D eigenvalue weighted by Gasteiger charge is -2.33. The van der Waals surface area contributed by atoms with Gasteiger partial charge in [-0.3, -0.25) is 4.98 Å². The Labute approximate surface area is 205 Å². The van der Waals surface area contributed by atoms with Crippen LogP contribution in [0.5, 0.6) is 5.75 Å². The van der Waals surface area contributed by atoms with Gasteiger partial charge in [0.2, 0.25) is 0 Å². The van der Waals surface area contributed by atoms with Crippen molar-refractivity contribution in [2.24, 2.45) is 0 Å². The molecule has 0 saturated carbocycles. The average molecular weight is 495 g/mol. The molecule has 36 heavy (non-hydrogen) atoms. The van der Waals surface area contributed by atoms with E-state index in [1.165, 1.54) is 0 Å². The van der Waals surface area contributed by atoms with Gasteiger partial charge < -0.3 is 14.6 Å². The predicted molar refractivity (Wildman–Crippen MR) is 130 cm³/mol. The van der Waals surface area contributed by atoms with Crippen LogP contribution in [0.2, 0.25) is 0 Å². The van der Waals surface area contributed by atoms with Crippen LogP contribution in [-0.4, -0.2) is 34.4 Å². The van der Waals surface area contributed by atoms with E-state index in [1.807, 2.05) is 30.3 Å². The highest BCUT2D eigenvalue weighted by molar-refractivity contribution is 6.08. The van der Waals surface area contributed by atoms with Crippen molar-refractivity contribution in [3.63, 3.8) is 0 Å². The summed E-state index contributed by atoms with van der Waals surface area (Å²) in [5.74, 6) is -0.836. The van der Waals surface area contributed by atoms with Crippen molar-refractivity contribution < 1.29 is 32.5 Å². The number of pyridine rings is 1. The highest BCUT2D eigenvalue weighted by Gasteiger charge is 2.51. The Balaban J connectivity index is 1.86. The Hall–Kier alpha value is -3.65. The van der Waals surface area contributed by atoms with E-state index in [4.69, 9.17) is 9.47 Å². The summed E-state index contributed by atoms with van der Waals surface area (Å²) in [6, 6.07) is 14.7. The number of nitrogens with zero attached hydrogens (tertiary/aromatic N) is 1. The fourth-order valence-corrected chi connectivity index (χ4v) is 4.83. The van der Waals surface area contributed by atoms with Crippen molar-refractivity contribution in [1.82, 2.24) is 4.98 Å². The number of halogens is 3. The molecule has 0 bridgehead atoms. The quantitative estimate of drug-likeness (QED) is 0.331. The lowest BCUT2D eigenvalue weighted by atomic mass is 9.85. The normalized spacial score (nSPS) is 14.6. The van der Waals surface area contributed by atoms with Crippen LogP contribution in [0.15, 0.2) is 54.7 Å². The van der Waals surface area contributed by atoms with Crippen LogP contribution in [0.3, 0.4) is 0 Å². The summed E-state index contributed by atoms with van der Waals surface area (Å²) < 4.78 is 52.4. The number of carboxylic acid groups (broad SMARTS) is 1. The fourth-order valence-electron chi connectivity index (χ4n) is 4.83. The smallest absolute Gasteiger partial charge is 0.416 e. The third-order valence-electron chi connectivity index (χ3n) is 6.72. The van der Waals surface area contributed by atoms with Crippen LogP contribution in [0.25, 0.3) is 32.8 Å². The van der Waals surface area contributed by atoms with Gasteiger partial charge >= 0.3 is 12.1 Å². The van der Waals surface area contributed by atoms with Gasteiger partial charge in [0.05, 0.1) is 12.1 Å². The molecule has 0 amide bonds. The van der Waals surface area contributed by atoms with E-state index in [-0.39, 0.29) is 5.56 Å². The zero-order valence-corrected chi connectivity index (χ0v) is 19.9. The first-order valence-corrected chi connectivity index (χ1v) is 11.5. The van der Waals surface area contributed by atoms with E-state index in [1.54, 1.807) is 31.3 Å². The summed E-state index contributed by atoms with van der Waals surface area (Å²) in [7, 11) is 0. The second-order valence-electron chi connectivity index (χ2n) is 9.45. The number of fused-ring (bicyclic) bond motifs is 1. The van der Waals surface area contributed by atoms with Crippen LogP contribution in [0.4, 0.5) is 13.2 Å². The molecule has 1 unspecified atom stereocenters. The Morgan fingerprint density at radius 2 is 1.89 bits per heavy atom. The zero-order chi connectivity index (χ0) is 25.8. The maximum absolute atomic E-state index is 13.8. The summed E-state index contributed by atoms with van der Waals surface area (Å²) in [6.45, 7) is 3.89. The first kappa shape index (κ1) is 24.1. The summed E-state index contributed by atoms with van der Waals surface area (Å²) in [5, 5.41) is 12.5. The number of hydrogen-bond acceptors (Lipinski definition) is 4. The third kappa shape index (κ3) is 3.86. The Morgan fingerprint density at radius 1 is 1.14 bits per heavy atom. The van der Waals surface area contributed by atoms with Crippen molar-refractivity contribution in [1.29, 1.82) is 0 Å². The first-order chi connectivity index (χ1) is 17.0. The van der Waals surface area contributed by atoms with Crippen molar-refractivity contribution in [3.05, 3.63) is 71.4 Å². The molecule has 4 aromatic rings. The number of alkyl halides is 3. The van der Waals surface area contributed by atoms with Crippen LogP contribution >= 0.6 is 0 Å². The number of aromatic nitrogens is 1. The number of benzene rings is 3. The molecule has 5 nitrogen and oxygen atoms in total. The van der Waals surface area contributed by atoms with Gasteiger partial charge in [-0.05, 0) is 66.4 Å². The topological polar surface area (TPSA) is 68.7 Å². The van der Waals surface area contributed by atoms with Gasteiger partial charge in [0.25, 0.3) is 0 Å². The van der Waals surface area contributed by atoms with E-state index >= 15 is 0 Å². The van der Waals surface area contributed by atoms with Gasteiger partial charge in [0, 0.05) is 29.1 Å². The lowest BCUT2D eigenvalue weighted by Crippen LogP contribution is -2.44. The third-order valence-corrected chi connectivity index (χ3v) is 6.72. The molecule has 0 spiro atoms. The molecule has 8 heteroatoms. The second-order valence-corrected chi connectivity index (χ2v) is 9.45. The van der Waals surface area contributed by atoms with E-state index < -0.39 is 23.9 Å². The van der Waals surface area contributed by atoms with Gasteiger partial charge in [-0.2, -0.15) is 13.2 Å². The number of rotatable bonds is 5. The van der Waals surface area contributed by atoms with Gasteiger partial charge in [0.15, 0.2) is 11.7 Å². The molecule has 0 aliphatic carbocycles. The summed E-state index contributed by atoms with van der Waals surface area (Å²) in [6.07, 6.45) is -4.27. The number of carbonyl (C=O) groups is 1. The van der Waals surface area contributed by atoms with Crippen molar-refractivity contribution in [2.75, 3.05) is 6.61 Å². The van der Waals surface area contributed by atoms with Gasteiger partial charge in [-0.25, -0.2) is 4.79 Å². The highest BCUT2D eigenvalue weighted by Crippen LogP contribution is 2.46. The minimum Gasteiger partial charge on any atom is -0.493 e. The maximum Gasteiger partial charge on any atom is 0.416 e. The lowest BCUT2D eigenvalue weighted by molar-refractivity contribution is -0.277. The molecular formula is C28H24F3NO4. The van der Waals surface area contributed by atoms with Crippen LogP contribution in [-0.2, 0) is 16.0 Å². The summed E-state index contributed by atoms with van der Waals surface area (Å²) in [5.41, 5.74) is 0.709. The Kier molecular flexibility index (Phi) is 5.67. The molecule has 2 heterocycles. The van der Waals surface area contributed by atoms with E-state index in [2.05, 4.69) is 4.98 Å². The summed E-state index contributed by atoms with van der Waals surface area (Å²) >= 11 is 0. The molecule has 1 atom stereocenters. The molecule has 5 rings (SSSR count). The molecule has 0 saturated heterocycles. The molecular weight excluding hydrogens is 471 g/mol. The molecule has 0 fully saturated rings. The maximum atomic E-state index is 13.8. The minimum atomic E-state index is -4.77. The molecule has 1 aromatic heterocycles. The highest BCUT2D eigenvalue weighted by atomic mass is 19.4. The van der Waals surface area contributed by atoms with E-state index in [0.29, 0.717) is 46.4 Å². The largest absolute Gasteiger partial charge is 0.493 e. The number of aryl methyl sites for hydroxylation is 1. The number of hydrogen-bond donors (Lipinski definition) is 1. The van der Waals surface area contributed by atoms with Gasteiger partial charge in [-0.1, -0.05) is 30.3 Å². The SMILES string of the molecule is Cc1cc2ccccc2c(-c2ccc3c4c(ccnc24)CCO3)c1C(OC(C)(C)C(F)(F)F)C(=O)O. The molecule has 1 aliphatic rings. The number of ether oxygens (including phenoxy) is 2. The fraction of sp³-hybridized carbons (Fsp3) is 0.286. The van der Waals surface area contributed by atoms with E-state index in [0.717, 1.165) is 30.2 Å². The minimum absolute atomic E-state index is 0.165. The molecule has 1 aliphatic heterocycles. The van der Waals surface area contributed by atoms with Crippen LogP contribution in [0.1, 0.15) is 36.6 Å². The van der Waals surface area contributed by atoms with Gasteiger partial charge in [0.1, 0.15) is 5.75 Å². The molecule has 1 N–H and O–H groups in total. The van der Waals surface area contributed by atoms with Crippen LogP contribution in [0, 0.1) is 6.92 Å². The molecule has 3 aromatic carbocycles. The van der Waals surface area contributed by atoms with Crippen molar-refractivity contribution in [2.45, 2.75) is 45.1 Å². The number of aliphatic carboxylic acids is 1. The zero-order valence-electron chi connectivity index (χ0n) is 19.9. The second kappa shape index (κ2) is 8.48. The van der Waals surface area contributed by atoms with E-state index in [9.17, 15) is 23.1 Å². The number of carboxylic acids is 1.